The number of hydrogen-bond donors (Lipinski definition) is 1. The minimum Gasteiger partial charge on any atom is -0.484 e. The number of ketones is 1. The minimum absolute atomic E-state index is 0.111. The number of rotatable bonds is 4. The molecule has 0 spiro atoms. The molecule has 0 heterocycles. The van der Waals surface area contributed by atoms with Crippen molar-refractivity contribution in [2.45, 2.75) is 6.92 Å². The second kappa shape index (κ2) is 6.29. The summed E-state index contributed by atoms with van der Waals surface area (Å²) >= 11 is 11.6. The van der Waals surface area contributed by atoms with E-state index in [1.807, 2.05) is 0 Å². The van der Waals surface area contributed by atoms with Crippen LogP contribution < -0.4 is 10.5 Å². The van der Waals surface area contributed by atoms with Gasteiger partial charge in [0.1, 0.15) is 17.4 Å². The van der Waals surface area contributed by atoms with Crippen molar-refractivity contribution in [1.82, 2.24) is 0 Å². The van der Waals surface area contributed by atoms with Crippen molar-refractivity contribution < 1.29 is 9.53 Å². The van der Waals surface area contributed by atoms with Gasteiger partial charge in [0.25, 0.3) is 0 Å². The highest BCUT2D eigenvalue weighted by atomic mass is 35.5. The van der Waals surface area contributed by atoms with Crippen molar-refractivity contribution in [3.8, 4) is 11.8 Å². The molecule has 0 atom stereocenters. The van der Waals surface area contributed by atoms with Crippen LogP contribution in [-0.2, 0) is 4.79 Å². The number of hydrogen-bond acceptors (Lipinski definition) is 4. The zero-order valence-corrected chi connectivity index (χ0v) is 11.0. The molecule has 1 aromatic carbocycles. The molecule has 0 aromatic heterocycles. The van der Waals surface area contributed by atoms with E-state index in [0.29, 0.717) is 15.8 Å². The molecule has 0 bridgehead atoms. The van der Waals surface area contributed by atoms with E-state index in [2.05, 4.69) is 0 Å². The number of carbonyl (C=O) groups is 1. The van der Waals surface area contributed by atoms with Gasteiger partial charge in [-0.3, -0.25) is 4.79 Å². The zero-order valence-electron chi connectivity index (χ0n) is 9.54. The lowest BCUT2D eigenvalue weighted by Crippen LogP contribution is -2.16. The molecule has 0 aliphatic carbocycles. The maximum absolute atomic E-state index is 11.6. The van der Waals surface area contributed by atoms with E-state index < -0.39 is 5.78 Å². The SMILES string of the molecule is C/C(N)=C(/C#N)C(=O)COc1ccc(Cl)cc1Cl. The Morgan fingerprint density at radius 3 is 2.67 bits per heavy atom. The van der Waals surface area contributed by atoms with Crippen LogP contribution in [-0.4, -0.2) is 12.4 Å². The highest BCUT2D eigenvalue weighted by molar-refractivity contribution is 6.35. The molecule has 0 amide bonds. The van der Waals surface area contributed by atoms with Crippen LogP contribution in [0.3, 0.4) is 0 Å². The summed E-state index contributed by atoms with van der Waals surface area (Å²) in [6.45, 7) is 1.17. The van der Waals surface area contributed by atoms with Gasteiger partial charge in [0, 0.05) is 10.7 Å². The van der Waals surface area contributed by atoms with Crippen molar-refractivity contribution >= 4 is 29.0 Å². The van der Waals surface area contributed by atoms with E-state index in [0.717, 1.165) is 0 Å². The number of benzene rings is 1. The van der Waals surface area contributed by atoms with Gasteiger partial charge in [-0.1, -0.05) is 23.2 Å². The molecule has 0 unspecified atom stereocenters. The first-order chi connectivity index (χ1) is 8.45. The number of halogens is 2. The summed E-state index contributed by atoms with van der Waals surface area (Å²) in [7, 11) is 0. The summed E-state index contributed by atoms with van der Waals surface area (Å²) in [5, 5.41) is 9.51. The maximum Gasteiger partial charge on any atom is 0.212 e. The lowest BCUT2D eigenvalue weighted by Gasteiger charge is -2.07. The van der Waals surface area contributed by atoms with Crippen LogP contribution >= 0.6 is 23.2 Å². The number of nitrogens with zero attached hydrogens (tertiary/aromatic N) is 1. The van der Waals surface area contributed by atoms with E-state index in [9.17, 15) is 4.79 Å². The summed E-state index contributed by atoms with van der Waals surface area (Å²) in [6.07, 6.45) is 0. The summed E-state index contributed by atoms with van der Waals surface area (Å²) < 4.78 is 5.21. The standard InChI is InChI=1S/C12H10Cl2N2O2/c1-7(16)9(5-15)11(17)6-18-12-3-2-8(13)4-10(12)14/h2-4H,6,16H2,1H3/b9-7+. The predicted octanol–water partition coefficient (Wildman–Crippen LogP) is 2.70. The number of nitrogens with two attached hydrogens (primary N) is 1. The zero-order chi connectivity index (χ0) is 13.7. The third-order valence-corrected chi connectivity index (χ3v) is 2.57. The maximum atomic E-state index is 11.6. The first kappa shape index (κ1) is 14.4. The average Bonchev–Trinajstić information content (AvgIpc) is 2.28. The van der Waals surface area contributed by atoms with Gasteiger partial charge in [-0.25, -0.2) is 0 Å². The van der Waals surface area contributed by atoms with Crippen LogP contribution in [0.4, 0.5) is 0 Å². The van der Waals surface area contributed by atoms with Crippen LogP contribution in [0.1, 0.15) is 6.92 Å². The minimum atomic E-state index is -0.497. The van der Waals surface area contributed by atoms with E-state index in [-0.39, 0.29) is 17.9 Å². The Labute approximate surface area is 115 Å². The molecule has 4 nitrogen and oxygen atoms in total. The molecule has 94 valence electrons. The lowest BCUT2D eigenvalue weighted by molar-refractivity contribution is -0.117. The molecule has 0 saturated carbocycles. The molecule has 0 saturated heterocycles. The molecule has 2 N–H and O–H groups in total. The Kier molecular flexibility index (Phi) is 5.02. The van der Waals surface area contributed by atoms with Gasteiger partial charge in [0.05, 0.1) is 5.02 Å². The molecule has 6 heteroatoms. The van der Waals surface area contributed by atoms with Gasteiger partial charge in [-0.05, 0) is 25.1 Å². The third-order valence-electron chi connectivity index (χ3n) is 2.04. The molecule has 0 radical (unpaired) electrons. The van der Waals surface area contributed by atoms with E-state index in [1.54, 1.807) is 18.2 Å². The summed E-state index contributed by atoms with van der Waals surface area (Å²) in [5.74, 6) is -0.176. The van der Waals surface area contributed by atoms with Crippen LogP contribution in [0.15, 0.2) is 29.5 Å². The number of nitriles is 1. The van der Waals surface area contributed by atoms with Gasteiger partial charge in [0.15, 0.2) is 6.61 Å². The van der Waals surface area contributed by atoms with Crippen LogP contribution in [0.2, 0.25) is 10.0 Å². The van der Waals surface area contributed by atoms with Crippen molar-refractivity contribution in [3.63, 3.8) is 0 Å². The second-order valence-corrected chi connectivity index (χ2v) is 4.30. The number of Topliss-reactive ketones (excluding diaryl/α,β-unsaturated/α-hetero) is 1. The van der Waals surface area contributed by atoms with E-state index >= 15 is 0 Å². The van der Waals surface area contributed by atoms with E-state index in [4.69, 9.17) is 38.9 Å². The highest BCUT2D eigenvalue weighted by Gasteiger charge is 2.13. The Morgan fingerprint density at radius 2 is 2.17 bits per heavy atom. The fraction of sp³-hybridized carbons (Fsp3) is 0.167. The predicted molar refractivity (Wildman–Crippen MR) is 69.5 cm³/mol. The smallest absolute Gasteiger partial charge is 0.212 e. The molecule has 1 rings (SSSR count). The molecule has 0 fully saturated rings. The van der Waals surface area contributed by atoms with Crippen molar-refractivity contribution in [1.29, 1.82) is 5.26 Å². The first-order valence-corrected chi connectivity index (χ1v) is 5.68. The second-order valence-electron chi connectivity index (χ2n) is 3.46. The van der Waals surface area contributed by atoms with Crippen LogP contribution in [0, 0.1) is 11.3 Å². The van der Waals surface area contributed by atoms with Crippen LogP contribution in [0.25, 0.3) is 0 Å². The molecule has 18 heavy (non-hydrogen) atoms. The average molecular weight is 285 g/mol. The monoisotopic (exact) mass is 284 g/mol. The number of carbonyl (C=O) groups excluding carboxylic acids is 1. The first-order valence-electron chi connectivity index (χ1n) is 4.93. The van der Waals surface area contributed by atoms with Gasteiger partial charge in [-0.15, -0.1) is 0 Å². The fourth-order valence-corrected chi connectivity index (χ4v) is 1.64. The molecular weight excluding hydrogens is 275 g/mol. The van der Waals surface area contributed by atoms with Gasteiger partial charge < -0.3 is 10.5 Å². The van der Waals surface area contributed by atoms with Gasteiger partial charge in [-0.2, -0.15) is 5.26 Å². The molecular formula is C12H10Cl2N2O2. The third kappa shape index (κ3) is 3.66. The summed E-state index contributed by atoms with van der Waals surface area (Å²) in [5.41, 5.74) is 5.45. The largest absolute Gasteiger partial charge is 0.484 e. The lowest BCUT2D eigenvalue weighted by atomic mass is 10.1. The molecule has 0 aliphatic heterocycles. The number of ether oxygens (including phenoxy) is 1. The Bertz CT molecular complexity index is 543. The quantitative estimate of drug-likeness (QED) is 0.681. The van der Waals surface area contributed by atoms with Gasteiger partial charge in [0.2, 0.25) is 5.78 Å². The van der Waals surface area contributed by atoms with Gasteiger partial charge >= 0.3 is 0 Å². The topological polar surface area (TPSA) is 76.1 Å². The normalized spacial score (nSPS) is 11.4. The molecule has 1 aromatic rings. The Balaban J connectivity index is 2.75. The van der Waals surface area contributed by atoms with Crippen molar-refractivity contribution in [2.75, 3.05) is 6.61 Å². The Hall–Kier alpha value is -1.70. The summed E-state index contributed by atoms with van der Waals surface area (Å²) in [6, 6.07) is 6.36. The molecule has 0 aliphatic rings. The Morgan fingerprint density at radius 1 is 1.50 bits per heavy atom. The summed E-state index contributed by atoms with van der Waals surface area (Å²) in [4.78, 5) is 11.6. The van der Waals surface area contributed by atoms with E-state index in [1.165, 1.54) is 13.0 Å². The van der Waals surface area contributed by atoms with Crippen molar-refractivity contribution in [3.05, 3.63) is 39.5 Å². The van der Waals surface area contributed by atoms with Crippen molar-refractivity contribution in [2.24, 2.45) is 5.73 Å². The number of allylic oxidation sites excluding steroid dienone is 1. The van der Waals surface area contributed by atoms with Crippen LogP contribution in [0.5, 0.6) is 5.75 Å². The fourth-order valence-electron chi connectivity index (χ4n) is 1.18. The highest BCUT2D eigenvalue weighted by Crippen LogP contribution is 2.27.